The summed E-state index contributed by atoms with van der Waals surface area (Å²) in [6.45, 7) is 2.07. The van der Waals surface area contributed by atoms with Gasteiger partial charge in [-0.3, -0.25) is 0 Å². The number of urea groups is 1. The van der Waals surface area contributed by atoms with Gasteiger partial charge >= 0.3 is 12.2 Å². The minimum atomic E-state index is -4.32. The number of ether oxygens (including phenoxy) is 1. The molecule has 0 aliphatic heterocycles. The highest BCUT2D eigenvalue weighted by molar-refractivity contribution is 7.09. The summed E-state index contributed by atoms with van der Waals surface area (Å²) in [5.41, 5.74) is 1.52. The van der Waals surface area contributed by atoms with Gasteiger partial charge in [-0.2, -0.15) is 13.2 Å². The minimum Gasteiger partial charge on any atom is -0.367 e. The first-order valence-corrected chi connectivity index (χ1v) is 9.03. The number of benzene rings is 1. The fraction of sp³-hybridized carbons (Fsp3) is 0.389. The van der Waals surface area contributed by atoms with Gasteiger partial charge < -0.3 is 15.0 Å². The molecule has 0 aliphatic rings. The van der Waals surface area contributed by atoms with Crippen molar-refractivity contribution in [2.24, 2.45) is 0 Å². The second kappa shape index (κ2) is 9.59. The Labute approximate surface area is 154 Å². The molecule has 4 nitrogen and oxygen atoms in total. The van der Waals surface area contributed by atoms with Crippen LogP contribution in [0.1, 0.15) is 22.9 Å². The number of alkyl halides is 3. The molecule has 0 saturated carbocycles. The van der Waals surface area contributed by atoms with E-state index in [1.165, 1.54) is 0 Å². The Bertz CT molecular complexity index is 673. The lowest BCUT2D eigenvalue weighted by atomic mass is 10.1. The Morgan fingerprint density at radius 3 is 2.46 bits per heavy atom. The van der Waals surface area contributed by atoms with E-state index in [9.17, 15) is 18.0 Å². The average Bonchev–Trinajstić information content (AvgIpc) is 3.11. The minimum absolute atomic E-state index is 0.101. The normalized spacial score (nSPS) is 11.4. The highest BCUT2D eigenvalue weighted by Gasteiger charge is 2.27. The predicted molar refractivity (Wildman–Crippen MR) is 94.8 cm³/mol. The summed E-state index contributed by atoms with van der Waals surface area (Å²) in [6.07, 6.45) is -4.32. The third-order valence-electron chi connectivity index (χ3n) is 3.60. The molecule has 0 saturated heterocycles. The van der Waals surface area contributed by atoms with Crippen molar-refractivity contribution in [3.05, 3.63) is 57.8 Å². The molecule has 0 atom stereocenters. The Morgan fingerprint density at radius 2 is 1.88 bits per heavy atom. The van der Waals surface area contributed by atoms with Gasteiger partial charge in [0, 0.05) is 18.0 Å². The Kier molecular flexibility index (Phi) is 7.47. The molecule has 2 aromatic rings. The number of halogens is 3. The van der Waals surface area contributed by atoms with E-state index >= 15 is 0 Å². The number of nitrogens with one attached hydrogen (secondary N) is 1. The summed E-state index contributed by atoms with van der Waals surface area (Å²) < 4.78 is 40.7. The zero-order valence-corrected chi connectivity index (χ0v) is 15.2. The van der Waals surface area contributed by atoms with Crippen LogP contribution >= 0.6 is 11.3 Å². The second-order valence-corrected chi connectivity index (χ2v) is 6.71. The number of nitrogens with zero attached hydrogens (tertiary/aromatic N) is 1. The average molecular weight is 386 g/mol. The van der Waals surface area contributed by atoms with Crippen LogP contribution in [0.2, 0.25) is 0 Å². The molecule has 1 aromatic heterocycles. The summed E-state index contributed by atoms with van der Waals surface area (Å²) in [7, 11) is 0. The van der Waals surface area contributed by atoms with Crippen molar-refractivity contribution >= 4 is 17.4 Å². The van der Waals surface area contributed by atoms with E-state index in [2.05, 4.69) is 10.1 Å². The fourth-order valence-corrected chi connectivity index (χ4v) is 2.96. The van der Waals surface area contributed by atoms with E-state index in [-0.39, 0.29) is 12.6 Å². The van der Waals surface area contributed by atoms with E-state index in [0.717, 1.165) is 10.4 Å². The van der Waals surface area contributed by atoms with E-state index in [1.54, 1.807) is 40.5 Å². The van der Waals surface area contributed by atoms with Crippen molar-refractivity contribution < 1.29 is 22.7 Å². The van der Waals surface area contributed by atoms with Crippen LogP contribution in [0, 0.1) is 0 Å². The molecule has 0 unspecified atom stereocenters. The maximum atomic E-state index is 12.3. The third kappa shape index (κ3) is 7.05. The summed E-state index contributed by atoms with van der Waals surface area (Å²) in [5, 5.41) is 4.83. The van der Waals surface area contributed by atoms with Gasteiger partial charge in [0.25, 0.3) is 0 Å². The predicted octanol–water partition coefficient (Wildman–Crippen LogP) is 4.56. The van der Waals surface area contributed by atoms with E-state index in [1.807, 2.05) is 24.4 Å². The maximum absolute atomic E-state index is 12.3. The first kappa shape index (κ1) is 20.3. The van der Waals surface area contributed by atoms with Gasteiger partial charge in [0.15, 0.2) is 0 Å². The van der Waals surface area contributed by atoms with Crippen molar-refractivity contribution in [3.63, 3.8) is 0 Å². The van der Waals surface area contributed by atoms with E-state index in [4.69, 9.17) is 0 Å². The summed E-state index contributed by atoms with van der Waals surface area (Å²) >= 11 is 1.60. The molecule has 0 radical (unpaired) electrons. The monoisotopic (exact) mass is 386 g/mol. The van der Waals surface area contributed by atoms with Gasteiger partial charge in [0.1, 0.15) is 6.61 Å². The van der Waals surface area contributed by atoms with Crippen LogP contribution in [0.4, 0.5) is 18.0 Å². The lowest BCUT2D eigenvalue weighted by Crippen LogP contribution is -2.38. The van der Waals surface area contributed by atoms with Crippen molar-refractivity contribution in [1.29, 1.82) is 0 Å². The third-order valence-corrected chi connectivity index (χ3v) is 4.46. The molecule has 0 fully saturated rings. The molecule has 1 heterocycles. The van der Waals surface area contributed by atoms with Gasteiger partial charge in [0.2, 0.25) is 0 Å². The zero-order chi connectivity index (χ0) is 19.0. The van der Waals surface area contributed by atoms with E-state index in [0.29, 0.717) is 25.2 Å². The molecule has 0 aliphatic carbocycles. The number of hydrogen-bond donors (Lipinski definition) is 1. The Hall–Kier alpha value is -2.06. The molecule has 2 rings (SSSR count). The summed E-state index contributed by atoms with van der Waals surface area (Å²) in [5.74, 6) is 0. The molecule has 8 heteroatoms. The largest absolute Gasteiger partial charge is 0.411 e. The number of carbonyl (C=O) groups excluding carboxylic acids is 1. The van der Waals surface area contributed by atoms with Crippen LogP contribution in [0.5, 0.6) is 0 Å². The Morgan fingerprint density at radius 1 is 1.19 bits per heavy atom. The van der Waals surface area contributed by atoms with Gasteiger partial charge in [0.05, 0.1) is 13.2 Å². The molecule has 1 aromatic carbocycles. The van der Waals surface area contributed by atoms with E-state index < -0.39 is 12.8 Å². The van der Waals surface area contributed by atoms with Gasteiger partial charge in [-0.25, -0.2) is 4.79 Å². The van der Waals surface area contributed by atoms with Crippen molar-refractivity contribution in [2.75, 3.05) is 13.2 Å². The SMILES string of the molecule is CCN(Cc1cccs1)C(=O)NCc1ccc(COCC(F)(F)F)cc1. The molecule has 2 amide bonds. The van der Waals surface area contributed by atoms with Gasteiger partial charge in [-0.05, 0) is 29.5 Å². The first-order valence-electron chi connectivity index (χ1n) is 8.15. The van der Waals surface area contributed by atoms with Crippen molar-refractivity contribution in [1.82, 2.24) is 10.2 Å². The fourth-order valence-electron chi connectivity index (χ4n) is 2.25. The maximum Gasteiger partial charge on any atom is 0.411 e. The van der Waals surface area contributed by atoms with Crippen LogP contribution in [0.25, 0.3) is 0 Å². The van der Waals surface area contributed by atoms with Crippen LogP contribution < -0.4 is 5.32 Å². The smallest absolute Gasteiger partial charge is 0.367 e. The topological polar surface area (TPSA) is 41.6 Å². The van der Waals surface area contributed by atoms with Crippen LogP contribution in [0.3, 0.4) is 0 Å². The molecule has 0 spiro atoms. The number of hydrogen-bond acceptors (Lipinski definition) is 3. The first-order chi connectivity index (χ1) is 12.4. The molecule has 0 bridgehead atoms. The Balaban J connectivity index is 1.78. The van der Waals surface area contributed by atoms with Crippen LogP contribution in [-0.4, -0.2) is 30.3 Å². The lowest BCUT2D eigenvalue weighted by molar-refractivity contribution is -0.176. The van der Waals surface area contributed by atoms with Crippen LogP contribution in [0.15, 0.2) is 41.8 Å². The number of carbonyl (C=O) groups is 1. The van der Waals surface area contributed by atoms with Gasteiger partial charge in [-0.1, -0.05) is 30.3 Å². The number of rotatable bonds is 8. The summed E-state index contributed by atoms with van der Waals surface area (Å²) in [6, 6.07) is 10.7. The van der Waals surface area contributed by atoms with Crippen molar-refractivity contribution in [2.45, 2.75) is 32.8 Å². The molecular weight excluding hydrogens is 365 g/mol. The highest BCUT2D eigenvalue weighted by atomic mass is 32.1. The molecule has 26 heavy (non-hydrogen) atoms. The van der Waals surface area contributed by atoms with Crippen molar-refractivity contribution in [3.8, 4) is 0 Å². The van der Waals surface area contributed by atoms with Gasteiger partial charge in [-0.15, -0.1) is 11.3 Å². The summed E-state index contributed by atoms with van der Waals surface area (Å²) in [4.78, 5) is 15.1. The quantitative estimate of drug-likeness (QED) is 0.723. The molecule has 142 valence electrons. The number of thiophene rings is 1. The molecule has 1 N–H and O–H groups in total. The highest BCUT2D eigenvalue weighted by Crippen LogP contribution is 2.16. The number of amides is 2. The second-order valence-electron chi connectivity index (χ2n) is 5.68. The molecular formula is C18H21F3N2O2S. The van der Waals surface area contributed by atoms with Crippen LogP contribution in [-0.2, 0) is 24.4 Å². The zero-order valence-electron chi connectivity index (χ0n) is 14.4. The standard InChI is InChI=1S/C18H21F3N2O2S/c1-2-23(11-16-4-3-9-26-16)17(24)22-10-14-5-7-15(8-6-14)12-25-13-18(19,20)21/h3-9H,2,10-13H2,1H3,(H,22,24). The lowest BCUT2D eigenvalue weighted by Gasteiger charge is -2.20.